The molecule has 6 nitrogen and oxygen atoms in total. The Morgan fingerprint density at radius 2 is 2.15 bits per heavy atom. The lowest BCUT2D eigenvalue weighted by Gasteiger charge is -2.26. The SMILES string of the molecule is COC[C@@H](C)Nc1nc(CN2CCOCC2)nc2scc(-c3cccs3)c12. The number of methoxy groups -OCH3 is 1. The second-order valence-electron chi connectivity index (χ2n) is 6.68. The third kappa shape index (κ3) is 4.30. The zero-order valence-electron chi connectivity index (χ0n) is 15.6. The van der Waals surface area contributed by atoms with Crippen LogP contribution in [0.15, 0.2) is 22.9 Å². The molecule has 0 radical (unpaired) electrons. The lowest BCUT2D eigenvalue weighted by Crippen LogP contribution is -2.36. The number of hydrogen-bond acceptors (Lipinski definition) is 8. The van der Waals surface area contributed by atoms with Crippen LogP contribution in [0.5, 0.6) is 0 Å². The van der Waals surface area contributed by atoms with Gasteiger partial charge < -0.3 is 14.8 Å². The zero-order valence-corrected chi connectivity index (χ0v) is 17.2. The van der Waals surface area contributed by atoms with E-state index in [2.05, 4.69) is 40.0 Å². The summed E-state index contributed by atoms with van der Waals surface area (Å²) in [5.41, 5.74) is 1.20. The number of fused-ring (bicyclic) bond motifs is 1. The monoisotopic (exact) mass is 404 g/mol. The van der Waals surface area contributed by atoms with Crippen LogP contribution in [-0.2, 0) is 16.0 Å². The first-order chi connectivity index (χ1) is 13.2. The number of thiophene rings is 2. The number of morpholine rings is 1. The molecule has 0 spiro atoms. The summed E-state index contributed by atoms with van der Waals surface area (Å²) in [6, 6.07) is 4.40. The van der Waals surface area contributed by atoms with Crippen LogP contribution in [0.2, 0.25) is 0 Å². The van der Waals surface area contributed by atoms with E-state index >= 15 is 0 Å². The average molecular weight is 405 g/mol. The minimum absolute atomic E-state index is 0.167. The van der Waals surface area contributed by atoms with Crippen LogP contribution >= 0.6 is 22.7 Å². The van der Waals surface area contributed by atoms with Gasteiger partial charge in [-0.05, 0) is 18.4 Å². The van der Waals surface area contributed by atoms with Gasteiger partial charge in [0.15, 0.2) is 0 Å². The van der Waals surface area contributed by atoms with Gasteiger partial charge in [-0.1, -0.05) is 6.07 Å². The second-order valence-corrected chi connectivity index (χ2v) is 8.49. The zero-order chi connectivity index (χ0) is 18.6. The van der Waals surface area contributed by atoms with Crippen molar-refractivity contribution in [1.29, 1.82) is 0 Å². The Labute approximate surface area is 167 Å². The third-order valence-corrected chi connectivity index (χ3v) is 6.31. The van der Waals surface area contributed by atoms with Crippen LogP contribution in [0.1, 0.15) is 12.7 Å². The molecule has 1 fully saturated rings. The van der Waals surface area contributed by atoms with E-state index < -0.39 is 0 Å². The standard InChI is InChI=1S/C19H24N4O2S2/c1-13(11-24-2)20-18-17-14(15-4-3-9-26-15)12-27-19(17)22-16(21-18)10-23-5-7-25-8-6-23/h3-4,9,12-13H,5-8,10-11H2,1-2H3,(H,20,21,22)/t13-/m1/s1. The molecule has 3 aromatic rings. The fraction of sp³-hybridized carbons (Fsp3) is 0.474. The highest BCUT2D eigenvalue weighted by Crippen LogP contribution is 2.39. The van der Waals surface area contributed by atoms with Crippen molar-refractivity contribution in [2.45, 2.75) is 19.5 Å². The van der Waals surface area contributed by atoms with Crippen molar-refractivity contribution in [3.05, 3.63) is 28.7 Å². The summed E-state index contributed by atoms with van der Waals surface area (Å²) < 4.78 is 10.8. The first-order valence-corrected chi connectivity index (χ1v) is 10.9. The van der Waals surface area contributed by atoms with Crippen LogP contribution in [0, 0.1) is 0 Å². The van der Waals surface area contributed by atoms with Gasteiger partial charge in [-0.25, -0.2) is 9.97 Å². The molecule has 1 atom stereocenters. The maximum absolute atomic E-state index is 5.45. The number of ether oxygens (including phenoxy) is 2. The number of anilines is 1. The topological polar surface area (TPSA) is 59.5 Å². The summed E-state index contributed by atoms with van der Waals surface area (Å²) in [5, 5.41) is 8.95. The Balaban J connectivity index is 1.71. The van der Waals surface area contributed by atoms with E-state index in [1.54, 1.807) is 29.8 Å². The van der Waals surface area contributed by atoms with E-state index in [1.165, 1.54) is 10.4 Å². The molecule has 0 amide bonds. The predicted octanol–water partition coefficient (Wildman–Crippen LogP) is 3.70. The lowest BCUT2D eigenvalue weighted by molar-refractivity contribution is 0.0331. The van der Waals surface area contributed by atoms with Crippen LogP contribution in [0.4, 0.5) is 5.82 Å². The van der Waals surface area contributed by atoms with Gasteiger partial charge in [0.25, 0.3) is 0 Å². The summed E-state index contributed by atoms with van der Waals surface area (Å²) in [6.45, 7) is 6.89. The molecular formula is C19H24N4O2S2. The largest absolute Gasteiger partial charge is 0.383 e. The summed E-state index contributed by atoms with van der Waals surface area (Å²) >= 11 is 3.43. The van der Waals surface area contributed by atoms with Gasteiger partial charge in [-0.15, -0.1) is 22.7 Å². The molecule has 3 aromatic heterocycles. The molecule has 1 N–H and O–H groups in total. The van der Waals surface area contributed by atoms with Crippen molar-refractivity contribution in [3.8, 4) is 10.4 Å². The Kier molecular flexibility index (Phi) is 5.99. The van der Waals surface area contributed by atoms with Gasteiger partial charge in [0.05, 0.1) is 31.8 Å². The van der Waals surface area contributed by atoms with Crippen molar-refractivity contribution < 1.29 is 9.47 Å². The first-order valence-electron chi connectivity index (χ1n) is 9.12. The molecule has 1 aliphatic heterocycles. The van der Waals surface area contributed by atoms with Crippen LogP contribution in [-0.4, -0.2) is 60.9 Å². The van der Waals surface area contributed by atoms with Gasteiger partial charge in [0.1, 0.15) is 16.5 Å². The number of hydrogen-bond donors (Lipinski definition) is 1. The van der Waals surface area contributed by atoms with E-state index in [4.69, 9.17) is 19.4 Å². The molecular weight excluding hydrogens is 380 g/mol. The smallest absolute Gasteiger partial charge is 0.146 e. The molecule has 1 saturated heterocycles. The summed E-state index contributed by atoms with van der Waals surface area (Å²) in [5.74, 6) is 1.76. The van der Waals surface area contributed by atoms with Crippen molar-refractivity contribution in [3.63, 3.8) is 0 Å². The molecule has 0 aromatic carbocycles. The van der Waals surface area contributed by atoms with Gasteiger partial charge in [0, 0.05) is 42.1 Å². The maximum Gasteiger partial charge on any atom is 0.146 e. The summed E-state index contributed by atoms with van der Waals surface area (Å²) in [6.07, 6.45) is 0. The van der Waals surface area contributed by atoms with Gasteiger partial charge in [0.2, 0.25) is 0 Å². The fourth-order valence-electron chi connectivity index (χ4n) is 3.26. The number of aromatic nitrogens is 2. The van der Waals surface area contributed by atoms with Crippen LogP contribution in [0.3, 0.4) is 0 Å². The first kappa shape index (κ1) is 18.8. The van der Waals surface area contributed by atoms with Crippen molar-refractivity contribution in [2.24, 2.45) is 0 Å². The molecule has 4 rings (SSSR count). The quantitative estimate of drug-likeness (QED) is 0.648. The molecule has 144 valence electrons. The molecule has 1 aliphatic rings. The van der Waals surface area contributed by atoms with E-state index in [0.717, 1.165) is 54.7 Å². The van der Waals surface area contributed by atoms with E-state index in [1.807, 2.05) is 0 Å². The van der Waals surface area contributed by atoms with Crippen molar-refractivity contribution in [1.82, 2.24) is 14.9 Å². The van der Waals surface area contributed by atoms with E-state index in [9.17, 15) is 0 Å². The van der Waals surface area contributed by atoms with Gasteiger partial charge in [-0.2, -0.15) is 0 Å². The van der Waals surface area contributed by atoms with Crippen molar-refractivity contribution >= 4 is 38.7 Å². The van der Waals surface area contributed by atoms with Gasteiger partial charge in [-0.3, -0.25) is 4.90 Å². The molecule has 0 bridgehead atoms. The van der Waals surface area contributed by atoms with E-state index in [0.29, 0.717) is 6.61 Å². The molecule has 0 aliphatic carbocycles. The maximum atomic E-state index is 5.45. The second kappa shape index (κ2) is 8.62. The predicted molar refractivity (Wildman–Crippen MR) is 112 cm³/mol. The van der Waals surface area contributed by atoms with E-state index in [-0.39, 0.29) is 6.04 Å². The van der Waals surface area contributed by atoms with Crippen molar-refractivity contribution in [2.75, 3.05) is 45.3 Å². The minimum atomic E-state index is 0.167. The Hall–Kier alpha value is -1.58. The average Bonchev–Trinajstić information content (AvgIpc) is 3.32. The van der Waals surface area contributed by atoms with Gasteiger partial charge >= 0.3 is 0 Å². The normalized spacial score (nSPS) is 16.7. The number of nitrogens with zero attached hydrogens (tertiary/aromatic N) is 3. The summed E-state index contributed by atoms with van der Waals surface area (Å²) in [7, 11) is 1.72. The molecule has 0 unspecified atom stereocenters. The highest BCUT2D eigenvalue weighted by atomic mass is 32.1. The fourth-order valence-corrected chi connectivity index (χ4v) is 5.04. The highest BCUT2D eigenvalue weighted by molar-refractivity contribution is 7.18. The minimum Gasteiger partial charge on any atom is -0.383 e. The third-order valence-electron chi connectivity index (χ3n) is 4.54. The Morgan fingerprint density at radius 1 is 1.30 bits per heavy atom. The number of nitrogens with one attached hydrogen (secondary N) is 1. The number of rotatable bonds is 7. The lowest BCUT2D eigenvalue weighted by atomic mass is 10.2. The highest BCUT2D eigenvalue weighted by Gasteiger charge is 2.19. The molecule has 0 saturated carbocycles. The molecule has 4 heterocycles. The molecule has 8 heteroatoms. The Morgan fingerprint density at radius 3 is 2.89 bits per heavy atom. The van der Waals surface area contributed by atoms with Crippen LogP contribution < -0.4 is 5.32 Å². The molecule has 27 heavy (non-hydrogen) atoms. The Bertz CT molecular complexity index is 875. The van der Waals surface area contributed by atoms with Crippen LogP contribution in [0.25, 0.3) is 20.7 Å². The summed E-state index contributed by atoms with van der Waals surface area (Å²) in [4.78, 5) is 14.4.